The van der Waals surface area contributed by atoms with Gasteiger partial charge in [-0.2, -0.15) is 0 Å². The van der Waals surface area contributed by atoms with Crippen molar-refractivity contribution in [3.63, 3.8) is 0 Å². The van der Waals surface area contributed by atoms with Crippen LogP contribution < -0.4 is 10.6 Å². The average molecular weight is 248 g/mol. The molecule has 0 unspecified atom stereocenters. The SMILES string of the molecule is CCCCCCNC(=O)Nc1ccc(C)cc1C. The van der Waals surface area contributed by atoms with E-state index in [9.17, 15) is 4.79 Å². The van der Waals surface area contributed by atoms with Gasteiger partial charge in [-0.3, -0.25) is 0 Å². The Labute approximate surface area is 110 Å². The number of amides is 2. The number of aryl methyl sites for hydroxylation is 2. The molecule has 2 N–H and O–H groups in total. The van der Waals surface area contributed by atoms with Crippen molar-refractivity contribution < 1.29 is 4.79 Å². The third-order valence-electron chi connectivity index (χ3n) is 2.95. The van der Waals surface area contributed by atoms with Crippen LogP contribution in [0.1, 0.15) is 43.7 Å². The first-order valence-electron chi connectivity index (χ1n) is 6.75. The Bertz CT molecular complexity index is 388. The Morgan fingerprint density at radius 3 is 2.61 bits per heavy atom. The van der Waals surface area contributed by atoms with Crippen LogP contribution in [0.4, 0.5) is 10.5 Å². The predicted molar refractivity (Wildman–Crippen MR) is 77.1 cm³/mol. The number of carbonyl (C=O) groups excluding carboxylic acids is 1. The summed E-state index contributed by atoms with van der Waals surface area (Å²) in [5.74, 6) is 0. The molecule has 1 aromatic rings. The van der Waals surface area contributed by atoms with Crippen molar-refractivity contribution in [1.82, 2.24) is 5.32 Å². The van der Waals surface area contributed by atoms with Crippen molar-refractivity contribution >= 4 is 11.7 Å². The molecule has 3 heteroatoms. The fourth-order valence-corrected chi connectivity index (χ4v) is 1.87. The third-order valence-corrected chi connectivity index (χ3v) is 2.95. The lowest BCUT2D eigenvalue weighted by atomic mass is 10.1. The summed E-state index contributed by atoms with van der Waals surface area (Å²) in [5.41, 5.74) is 3.18. The summed E-state index contributed by atoms with van der Waals surface area (Å²) in [6.07, 6.45) is 4.68. The first-order valence-corrected chi connectivity index (χ1v) is 6.75. The van der Waals surface area contributed by atoms with Crippen LogP contribution in [0.3, 0.4) is 0 Å². The van der Waals surface area contributed by atoms with Crippen LogP contribution >= 0.6 is 0 Å². The molecule has 0 aliphatic rings. The molecule has 0 bridgehead atoms. The molecule has 0 saturated heterocycles. The van der Waals surface area contributed by atoms with Crippen molar-refractivity contribution in [2.75, 3.05) is 11.9 Å². The molecular weight excluding hydrogens is 224 g/mol. The standard InChI is InChI=1S/C15H24N2O/c1-4-5-6-7-10-16-15(18)17-14-9-8-12(2)11-13(14)3/h8-9,11H,4-7,10H2,1-3H3,(H2,16,17,18). The molecule has 1 rings (SSSR count). The number of nitrogens with one attached hydrogen (secondary N) is 2. The molecule has 0 radical (unpaired) electrons. The van der Waals surface area contributed by atoms with Gasteiger partial charge in [0.25, 0.3) is 0 Å². The minimum absolute atomic E-state index is 0.113. The maximum Gasteiger partial charge on any atom is 0.319 e. The third kappa shape index (κ3) is 5.21. The topological polar surface area (TPSA) is 41.1 Å². The van der Waals surface area contributed by atoms with Crippen LogP contribution in [0.2, 0.25) is 0 Å². The zero-order chi connectivity index (χ0) is 13.4. The number of hydrogen-bond donors (Lipinski definition) is 2. The lowest BCUT2D eigenvalue weighted by molar-refractivity contribution is 0.252. The fourth-order valence-electron chi connectivity index (χ4n) is 1.87. The summed E-state index contributed by atoms with van der Waals surface area (Å²) in [6.45, 7) is 6.98. The van der Waals surface area contributed by atoms with Crippen molar-refractivity contribution in [2.45, 2.75) is 46.5 Å². The molecule has 1 aromatic carbocycles. The van der Waals surface area contributed by atoms with E-state index in [1.807, 2.05) is 26.0 Å². The van der Waals surface area contributed by atoms with Crippen molar-refractivity contribution in [2.24, 2.45) is 0 Å². The highest BCUT2D eigenvalue weighted by Crippen LogP contribution is 2.15. The number of rotatable bonds is 6. The van der Waals surface area contributed by atoms with Gasteiger partial charge in [0.15, 0.2) is 0 Å². The molecule has 0 aromatic heterocycles. The van der Waals surface area contributed by atoms with Gasteiger partial charge in [-0.25, -0.2) is 4.79 Å². The van der Waals surface area contributed by atoms with E-state index in [1.54, 1.807) is 0 Å². The number of hydrogen-bond acceptors (Lipinski definition) is 1. The first-order chi connectivity index (χ1) is 8.63. The van der Waals surface area contributed by atoms with Gasteiger partial charge < -0.3 is 10.6 Å². The van der Waals surface area contributed by atoms with Crippen LogP contribution in [0.25, 0.3) is 0 Å². The Morgan fingerprint density at radius 2 is 1.94 bits per heavy atom. The van der Waals surface area contributed by atoms with Crippen molar-refractivity contribution in [1.29, 1.82) is 0 Å². The highest BCUT2D eigenvalue weighted by molar-refractivity contribution is 5.90. The minimum Gasteiger partial charge on any atom is -0.338 e. The lowest BCUT2D eigenvalue weighted by Crippen LogP contribution is -2.29. The quantitative estimate of drug-likeness (QED) is 0.734. The number of benzene rings is 1. The highest BCUT2D eigenvalue weighted by Gasteiger charge is 2.03. The summed E-state index contributed by atoms with van der Waals surface area (Å²) in [6, 6.07) is 5.90. The fraction of sp³-hybridized carbons (Fsp3) is 0.533. The molecule has 2 amide bonds. The molecule has 100 valence electrons. The zero-order valence-corrected chi connectivity index (χ0v) is 11.7. The second-order valence-electron chi connectivity index (χ2n) is 4.76. The molecule has 0 atom stereocenters. The minimum atomic E-state index is -0.113. The molecule has 0 spiro atoms. The molecule has 0 aliphatic heterocycles. The summed E-state index contributed by atoms with van der Waals surface area (Å²) >= 11 is 0. The van der Waals surface area contributed by atoms with Crippen LogP contribution in [0.15, 0.2) is 18.2 Å². The number of anilines is 1. The van der Waals surface area contributed by atoms with Crippen molar-refractivity contribution in [3.8, 4) is 0 Å². The van der Waals surface area contributed by atoms with Gasteiger partial charge in [0.2, 0.25) is 0 Å². The van der Waals surface area contributed by atoms with Gasteiger partial charge in [0, 0.05) is 12.2 Å². The molecule has 0 fully saturated rings. The Balaban J connectivity index is 2.31. The Kier molecular flexibility index (Phi) is 6.26. The van der Waals surface area contributed by atoms with Gasteiger partial charge >= 0.3 is 6.03 Å². The van der Waals surface area contributed by atoms with Crippen LogP contribution in [-0.4, -0.2) is 12.6 Å². The zero-order valence-electron chi connectivity index (χ0n) is 11.7. The Morgan fingerprint density at radius 1 is 1.17 bits per heavy atom. The van der Waals surface area contributed by atoms with E-state index in [4.69, 9.17) is 0 Å². The smallest absolute Gasteiger partial charge is 0.319 e. The monoisotopic (exact) mass is 248 g/mol. The summed E-state index contributed by atoms with van der Waals surface area (Å²) < 4.78 is 0. The van der Waals surface area contributed by atoms with Gasteiger partial charge in [-0.05, 0) is 31.9 Å². The number of urea groups is 1. The molecule has 0 heterocycles. The predicted octanol–water partition coefficient (Wildman–Crippen LogP) is 4.01. The van der Waals surface area contributed by atoms with E-state index < -0.39 is 0 Å². The van der Waals surface area contributed by atoms with Crippen LogP contribution in [0, 0.1) is 13.8 Å². The largest absolute Gasteiger partial charge is 0.338 e. The highest BCUT2D eigenvalue weighted by atomic mass is 16.2. The Hall–Kier alpha value is -1.51. The van der Waals surface area contributed by atoms with E-state index in [-0.39, 0.29) is 6.03 Å². The van der Waals surface area contributed by atoms with E-state index in [1.165, 1.54) is 24.8 Å². The maximum atomic E-state index is 11.7. The molecule has 0 saturated carbocycles. The van der Waals surface area contributed by atoms with Gasteiger partial charge in [-0.15, -0.1) is 0 Å². The summed E-state index contributed by atoms with van der Waals surface area (Å²) in [4.78, 5) is 11.7. The van der Waals surface area contributed by atoms with Gasteiger partial charge in [0.1, 0.15) is 0 Å². The van der Waals surface area contributed by atoms with Gasteiger partial charge in [0.05, 0.1) is 0 Å². The molecular formula is C15H24N2O. The molecule has 3 nitrogen and oxygen atoms in total. The second kappa shape index (κ2) is 7.75. The molecule has 0 aliphatic carbocycles. The second-order valence-corrected chi connectivity index (χ2v) is 4.76. The van der Waals surface area contributed by atoms with Crippen LogP contribution in [0.5, 0.6) is 0 Å². The average Bonchev–Trinajstić information content (AvgIpc) is 2.32. The molecule has 18 heavy (non-hydrogen) atoms. The van der Waals surface area contributed by atoms with E-state index in [2.05, 4.69) is 23.6 Å². The van der Waals surface area contributed by atoms with Gasteiger partial charge in [-0.1, -0.05) is 43.9 Å². The first kappa shape index (κ1) is 14.6. The van der Waals surface area contributed by atoms with Crippen molar-refractivity contribution in [3.05, 3.63) is 29.3 Å². The number of carbonyl (C=O) groups is 1. The maximum absolute atomic E-state index is 11.7. The van der Waals surface area contributed by atoms with E-state index in [0.29, 0.717) is 0 Å². The number of unbranched alkanes of at least 4 members (excludes halogenated alkanes) is 3. The van der Waals surface area contributed by atoms with Crippen LogP contribution in [-0.2, 0) is 0 Å². The summed E-state index contributed by atoms with van der Waals surface area (Å²) in [7, 11) is 0. The summed E-state index contributed by atoms with van der Waals surface area (Å²) in [5, 5.41) is 5.76. The van der Waals surface area contributed by atoms with E-state index >= 15 is 0 Å². The lowest BCUT2D eigenvalue weighted by Gasteiger charge is -2.10. The normalized spacial score (nSPS) is 10.2. The van der Waals surface area contributed by atoms with E-state index in [0.717, 1.165) is 24.2 Å².